The molecule has 0 saturated carbocycles. The molecule has 1 aromatic carbocycles. The first kappa shape index (κ1) is 33.3. The molecule has 0 bridgehead atoms. The van der Waals surface area contributed by atoms with E-state index in [1.807, 2.05) is 24.3 Å². The number of allylic oxidation sites excluding steroid dienone is 10. The Morgan fingerprint density at radius 1 is 0.447 bits per heavy atom. The Morgan fingerprint density at radius 3 is 1.05 bits per heavy atom. The van der Waals surface area contributed by atoms with Crippen LogP contribution in [0.15, 0.2) is 94.2 Å². The summed E-state index contributed by atoms with van der Waals surface area (Å²) in [5.74, 6) is 1.74. The molecule has 0 aliphatic rings. The van der Waals surface area contributed by atoms with Gasteiger partial charge in [0, 0.05) is 0 Å². The summed E-state index contributed by atoms with van der Waals surface area (Å²) in [6.07, 6.45) is 22.7. The maximum absolute atomic E-state index is 5.90. The molecule has 0 fully saturated rings. The highest BCUT2D eigenvalue weighted by atomic mass is 16.5. The van der Waals surface area contributed by atoms with Crippen molar-refractivity contribution in [3.63, 3.8) is 0 Å². The van der Waals surface area contributed by atoms with Gasteiger partial charge in [0.05, 0.1) is 0 Å². The molecule has 0 heterocycles. The van der Waals surface area contributed by atoms with E-state index >= 15 is 0 Å². The molecule has 0 atom stereocenters. The molecule has 1 aromatic rings. The fourth-order valence-corrected chi connectivity index (χ4v) is 3.87. The van der Waals surface area contributed by atoms with Crippen LogP contribution >= 0.6 is 0 Å². The van der Waals surface area contributed by atoms with Crippen LogP contribution < -0.4 is 9.47 Å². The third-order valence-electron chi connectivity index (χ3n) is 6.43. The van der Waals surface area contributed by atoms with E-state index in [9.17, 15) is 0 Å². The van der Waals surface area contributed by atoms with Gasteiger partial charge in [-0.05, 0) is 143 Å². The fourth-order valence-electron chi connectivity index (χ4n) is 3.87. The maximum atomic E-state index is 5.90. The predicted molar refractivity (Wildman–Crippen MR) is 168 cm³/mol. The molecule has 2 nitrogen and oxygen atoms in total. The third-order valence-corrected chi connectivity index (χ3v) is 6.43. The summed E-state index contributed by atoms with van der Waals surface area (Å²) < 4.78 is 11.8. The summed E-state index contributed by atoms with van der Waals surface area (Å²) in [6, 6.07) is 7.93. The predicted octanol–water partition coefficient (Wildman–Crippen LogP) is 11.3. The molecule has 0 spiro atoms. The van der Waals surface area contributed by atoms with Crippen LogP contribution in [0.4, 0.5) is 0 Å². The number of rotatable bonds is 18. The summed E-state index contributed by atoms with van der Waals surface area (Å²) >= 11 is 0. The summed E-state index contributed by atoms with van der Waals surface area (Å²) in [6.45, 7) is 18.7. The zero-order valence-electron chi connectivity index (χ0n) is 25.7. The molecular weight excluding hydrogens is 464 g/mol. The molecule has 0 amide bonds. The van der Waals surface area contributed by atoms with Crippen molar-refractivity contribution in [3.8, 4) is 11.5 Å². The smallest absolute Gasteiger partial charge is 0.120 e. The van der Waals surface area contributed by atoms with E-state index in [-0.39, 0.29) is 0 Å². The molecule has 210 valence electrons. The third kappa shape index (κ3) is 18.5. The van der Waals surface area contributed by atoms with Crippen LogP contribution in [0.3, 0.4) is 0 Å². The average Bonchev–Trinajstić information content (AvgIpc) is 2.84. The van der Waals surface area contributed by atoms with Gasteiger partial charge in [0.2, 0.25) is 0 Å². The lowest BCUT2D eigenvalue weighted by molar-refractivity contribution is 0.351. The van der Waals surface area contributed by atoms with Gasteiger partial charge in [-0.25, -0.2) is 0 Å². The standard InChI is InChI=1S/C36H54O2/c1-29(2)13-9-15-31(5)17-11-19-33(7)25-27-37-35-21-23-36(24-22-35)38-28-26-34(8)20-12-18-32(6)16-10-14-30(3)4/h13-14,17-18,21-26H,9-12,15-16,19-20,27-28H2,1-8H3/b31-17+,32-18+,33-25+,34-26+. The van der Waals surface area contributed by atoms with E-state index in [0.29, 0.717) is 13.2 Å². The molecule has 0 unspecified atom stereocenters. The minimum atomic E-state index is 0.597. The summed E-state index contributed by atoms with van der Waals surface area (Å²) in [5, 5.41) is 0. The Balaban J connectivity index is 2.30. The van der Waals surface area contributed by atoms with Crippen molar-refractivity contribution in [1.82, 2.24) is 0 Å². The number of hydrogen-bond acceptors (Lipinski definition) is 2. The minimum absolute atomic E-state index is 0.597. The van der Waals surface area contributed by atoms with E-state index in [4.69, 9.17) is 9.47 Å². The van der Waals surface area contributed by atoms with E-state index in [0.717, 1.165) is 62.9 Å². The minimum Gasteiger partial charge on any atom is -0.490 e. The van der Waals surface area contributed by atoms with E-state index in [2.05, 4.69) is 91.8 Å². The van der Waals surface area contributed by atoms with Crippen molar-refractivity contribution in [2.45, 2.75) is 107 Å². The molecule has 0 aliphatic carbocycles. The van der Waals surface area contributed by atoms with Gasteiger partial charge in [0.1, 0.15) is 24.7 Å². The van der Waals surface area contributed by atoms with Crippen LogP contribution in [0.1, 0.15) is 107 Å². The molecule has 38 heavy (non-hydrogen) atoms. The molecule has 0 radical (unpaired) electrons. The van der Waals surface area contributed by atoms with Gasteiger partial charge in [-0.3, -0.25) is 0 Å². The fraction of sp³-hybridized carbons (Fsp3) is 0.500. The zero-order valence-corrected chi connectivity index (χ0v) is 25.7. The second-order valence-corrected chi connectivity index (χ2v) is 11.0. The Labute approximate surface area is 234 Å². The van der Waals surface area contributed by atoms with Crippen LogP contribution in [0.2, 0.25) is 0 Å². The first-order valence-electron chi connectivity index (χ1n) is 14.4. The average molecular weight is 519 g/mol. The molecule has 1 rings (SSSR count). The van der Waals surface area contributed by atoms with Gasteiger partial charge in [-0.1, -0.05) is 57.7 Å². The number of benzene rings is 1. The molecule has 2 heteroatoms. The maximum Gasteiger partial charge on any atom is 0.120 e. The highest BCUT2D eigenvalue weighted by Gasteiger charge is 1.98. The van der Waals surface area contributed by atoms with Crippen LogP contribution in [0.25, 0.3) is 0 Å². The highest BCUT2D eigenvalue weighted by Crippen LogP contribution is 2.19. The van der Waals surface area contributed by atoms with Gasteiger partial charge >= 0.3 is 0 Å². The zero-order chi connectivity index (χ0) is 28.2. The Kier molecular flexibility index (Phi) is 17.7. The first-order chi connectivity index (χ1) is 18.2. The van der Waals surface area contributed by atoms with Gasteiger partial charge in [-0.15, -0.1) is 0 Å². The van der Waals surface area contributed by atoms with Crippen molar-refractivity contribution >= 4 is 0 Å². The highest BCUT2D eigenvalue weighted by molar-refractivity contribution is 5.31. The van der Waals surface area contributed by atoms with Gasteiger partial charge < -0.3 is 9.47 Å². The summed E-state index contributed by atoms with van der Waals surface area (Å²) in [7, 11) is 0. The van der Waals surface area contributed by atoms with Crippen molar-refractivity contribution in [1.29, 1.82) is 0 Å². The van der Waals surface area contributed by atoms with Crippen molar-refractivity contribution in [3.05, 3.63) is 94.2 Å². The summed E-state index contributed by atoms with van der Waals surface area (Å²) in [4.78, 5) is 0. The number of hydrogen-bond donors (Lipinski definition) is 0. The van der Waals surface area contributed by atoms with Crippen LogP contribution in [-0.4, -0.2) is 13.2 Å². The van der Waals surface area contributed by atoms with E-state index in [1.54, 1.807) is 0 Å². The lowest BCUT2D eigenvalue weighted by atomic mass is 10.1. The van der Waals surface area contributed by atoms with Gasteiger partial charge in [0.15, 0.2) is 0 Å². The SMILES string of the molecule is CC(C)=CCC/C(C)=C/CC/C(C)=C/COc1ccc(OC/C=C(\C)CC/C=C(\C)CCC=C(C)C)cc1. The van der Waals surface area contributed by atoms with Crippen molar-refractivity contribution in [2.24, 2.45) is 0 Å². The normalized spacial score (nSPS) is 12.8. The summed E-state index contributed by atoms with van der Waals surface area (Å²) in [5.41, 5.74) is 8.50. The number of ether oxygens (including phenoxy) is 2. The molecule has 0 saturated heterocycles. The molecular formula is C36H54O2. The van der Waals surface area contributed by atoms with Crippen molar-refractivity contribution < 1.29 is 9.47 Å². The quantitative estimate of drug-likeness (QED) is 0.180. The largest absolute Gasteiger partial charge is 0.490 e. The first-order valence-corrected chi connectivity index (χ1v) is 14.4. The van der Waals surface area contributed by atoms with Crippen LogP contribution in [-0.2, 0) is 0 Å². The topological polar surface area (TPSA) is 18.5 Å². The Morgan fingerprint density at radius 2 is 0.737 bits per heavy atom. The molecule has 0 aromatic heterocycles. The Bertz CT molecular complexity index is 892. The molecule has 0 N–H and O–H groups in total. The monoisotopic (exact) mass is 518 g/mol. The Hall–Kier alpha value is -2.74. The van der Waals surface area contributed by atoms with Crippen molar-refractivity contribution in [2.75, 3.05) is 13.2 Å². The lowest BCUT2D eigenvalue weighted by Gasteiger charge is -2.08. The van der Waals surface area contributed by atoms with E-state index < -0.39 is 0 Å². The van der Waals surface area contributed by atoms with Crippen LogP contribution in [0, 0.1) is 0 Å². The van der Waals surface area contributed by atoms with Gasteiger partial charge in [0.25, 0.3) is 0 Å². The van der Waals surface area contributed by atoms with E-state index in [1.165, 1.54) is 33.4 Å². The molecule has 0 aliphatic heterocycles. The second kappa shape index (κ2) is 20.3. The van der Waals surface area contributed by atoms with Crippen LogP contribution in [0.5, 0.6) is 11.5 Å². The lowest BCUT2D eigenvalue weighted by Crippen LogP contribution is -1.97. The second-order valence-electron chi connectivity index (χ2n) is 11.0. The van der Waals surface area contributed by atoms with Gasteiger partial charge in [-0.2, -0.15) is 0 Å².